The molecule has 0 aliphatic rings. The third-order valence-electron chi connectivity index (χ3n) is 4.22. The van der Waals surface area contributed by atoms with Crippen LogP contribution in [0.1, 0.15) is 34.2 Å². The molecule has 3 aromatic rings. The number of rotatable bonds is 6. The van der Waals surface area contributed by atoms with Crippen LogP contribution < -0.4 is 16.4 Å². The van der Waals surface area contributed by atoms with Gasteiger partial charge in [0.05, 0.1) is 11.3 Å². The fourth-order valence-electron chi connectivity index (χ4n) is 2.78. The molecule has 1 amide bonds. The zero-order valence-corrected chi connectivity index (χ0v) is 16.9. The number of benzene rings is 2. The summed E-state index contributed by atoms with van der Waals surface area (Å²) in [5, 5.41) is 5.74. The maximum absolute atomic E-state index is 12.6. The Morgan fingerprint density at radius 2 is 1.73 bits per heavy atom. The van der Waals surface area contributed by atoms with Crippen LogP contribution in [0.2, 0.25) is 0 Å². The van der Waals surface area contributed by atoms with Gasteiger partial charge in [-0.1, -0.05) is 30.3 Å². The highest BCUT2D eigenvalue weighted by atomic mass is 16.5. The zero-order chi connectivity index (χ0) is 21.7. The Morgan fingerprint density at radius 3 is 2.47 bits per heavy atom. The van der Waals surface area contributed by atoms with E-state index in [0.29, 0.717) is 5.69 Å². The van der Waals surface area contributed by atoms with E-state index in [-0.39, 0.29) is 35.8 Å². The van der Waals surface area contributed by atoms with Crippen LogP contribution in [-0.4, -0.2) is 26.8 Å². The molecule has 2 aromatic carbocycles. The van der Waals surface area contributed by atoms with Crippen molar-refractivity contribution in [3.8, 4) is 0 Å². The summed E-state index contributed by atoms with van der Waals surface area (Å²) >= 11 is 0. The molecule has 1 heterocycles. The fourth-order valence-corrected chi connectivity index (χ4v) is 2.78. The molecular weight excluding hydrogens is 384 g/mol. The van der Waals surface area contributed by atoms with Crippen LogP contribution in [-0.2, 0) is 16.1 Å². The number of hydrogen-bond donors (Lipinski definition) is 3. The molecule has 0 saturated heterocycles. The summed E-state index contributed by atoms with van der Waals surface area (Å²) in [5.74, 6) is -0.454. The van der Waals surface area contributed by atoms with Gasteiger partial charge in [-0.25, -0.2) is 4.79 Å². The minimum Gasteiger partial charge on any atom is -0.454 e. The minimum atomic E-state index is -0.616. The second-order valence-corrected chi connectivity index (χ2v) is 6.63. The van der Waals surface area contributed by atoms with Gasteiger partial charge < -0.3 is 21.1 Å². The second-order valence-electron chi connectivity index (χ2n) is 6.63. The lowest BCUT2D eigenvalue weighted by molar-refractivity contribution is -0.114. The van der Waals surface area contributed by atoms with Crippen molar-refractivity contribution >= 4 is 35.1 Å². The van der Waals surface area contributed by atoms with Gasteiger partial charge in [0.15, 0.2) is 12.4 Å². The molecule has 30 heavy (non-hydrogen) atoms. The molecule has 0 aliphatic carbocycles. The van der Waals surface area contributed by atoms with Crippen LogP contribution in [0, 0.1) is 13.8 Å². The lowest BCUT2D eigenvalue weighted by Gasteiger charge is -2.13. The number of anilines is 4. The normalized spacial score (nSPS) is 10.4. The Bertz CT molecular complexity index is 1100. The largest absolute Gasteiger partial charge is 0.454 e. The summed E-state index contributed by atoms with van der Waals surface area (Å²) in [7, 11) is 0. The van der Waals surface area contributed by atoms with E-state index in [1.807, 2.05) is 31.2 Å². The lowest BCUT2D eigenvalue weighted by Crippen LogP contribution is -2.15. The number of ether oxygens (including phenoxy) is 1. The van der Waals surface area contributed by atoms with E-state index in [0.717, 1.165) is 16.8 Å². The second kappa shape index (κ2) is 8.99. The first kappa shape index (κ1) is 20.7. The van der Waals surface area contributed by atoms with E-state index in [1.54, 1.807) is 25.1 Å². The number of nitrogens with two attached hydrogens (primary N) is 1. The Balaban J connectivity index is 1.76. The van der Waals surface area contributed by atoms with Crippen LogP contribution in [0.4, 0.5) is 23.3 Å². The van der Waals surface area contributed by atoms with Gasteiger partial charge in [-0.05, 0) is 37.1 Å². The number of carbonyl (C=O) groups excluding carboxylic acids is 2. The molecule has 154 valence electrons. The Hall–Kier alpha value is -4.01. The Morgan fingerprint density at radius 1 is 1.00 bits per heavy atom. The minimum absolute atomic E-state index is 0.00150. The third kappa shape index (κ3) is 5.07. The van der Waals surface area contributed by atoms with Crippen LogP contribution in [0.15, 0.2) is 42.5 Å². The van der Waals surface area contributed by atoms with Crippen molar-refractivity contribution in [3.05, 3.63) is 65.0 Å². The van der Waals surface area contributed by atoms with E-state index in [1.165, 1.54) is 6.92 Å². The van der Waals surface area contributed by atoms with E-state index in [9.17, 15) is 9.59 Å². The first-order valence-corrected chi connectivity index (χ1v) is 9.21. The van der Waals surface area contributed by atoms with Crippen molar-refractivity contribution in [2.45, 2.75) is 27.4 Å². The van der Waals surface area contributed by atoms with Gasteiger partial charge in [-0.15, -0.1) is 0 Å². The first-order valence-electron chi connectivity index (χ1n) is 9.21. The molecule has 0 atom stereocenters. The number of aryl methyl sites for hydroxylation is 2. The highest BCUT2D eigenvalue weighted by Gasteiger charge is 2.17. The molecule has 0 fully saturated rings. The van der Waals surface area contributed by atoms with Crippen LogP contribution in [0.5, 0.6) is 0 Å². The highest BCUT2D eigenvalue weighted by molar-refractivity contribution is 6.01. The third-order valence-corrected chi connectivity index (χ3v) is 4.22. The van der Waals surface area contributed by atoms with Crippen molar-refractivity contribution in [2.24, 2.45) is 0 Å². The topological polar surface area (TPSA) is 132 Å². The number of para-hydroxylation sites is 2. The molecule has 0 bridgehead atoms. The van der Waals surface area contributed by atoms with E-state index < -0.39 is 5.97 Å². The van der Waals surface area contributed by atoms with Crippen LogP contribution in [0.3, 0.4) is 0 Å². The maximum atomic E-state index is 12.6. The lowest BCUT2D eigenvalue weighted by atomic mass is 10.1. The number of esters is 1. The number of nitrogens with one attached hydrogen (secondary N) is 2. The predicted molar refractivity (Wildman–Crippen MR) is 113 cm³/mol. The highest BCUT2D eigenvalue weighted by Crippen LogP contribution is 2.22. The summed E-state index contributed by atoms with van der Waals surface area (Å²) < 4.78 is 5.35. The summed E-state index contributed by atoms with van der Waals surface area (Å²) in [6.07, 6.45) is 0. The van der Waals surface area contributed by atoms with Crippen LogP contribution >= 0.6 is 0 Å². The van der Waals surface area contributed by atoms with Crippen molar-refractivity contribution in [1.82, 2.24) is 15.0 Å². The molecular formula is C21H22N6O3. The molecule has 0 saturated carbocycles. The molecule has 0 radical (unpaired) electrons. The maximum Gasteiger partial charge on any atom is 0.340 e. The number of aromatic nitrogens is 3. The van der Waals surface area contributed by atoms with Gasteiger partial charge in [0.1, 0.15) is 0 Å². The molecule has 0 spiro atoms. The van der Waals surface area contributed by atoms with E-state index >= 15 is 0 Å². The summed E-state index contributed by atoms with van der Waals surface area (Å²) in [6, 6.07) is 12.7. The molecule has 3 rings (SSSR count). The molecule has 9 nitrogen and oxygen atoms in total. The molecule has 0 aliphatic heterocycles. The SMILES string of the molecule is CC(=O)Nc1c(C)cccc1C(=O)OCc1nc(N)nc(Nc2ccccc2C)n1. The number of carbonyl (C=O) groups is 2. The van der Waals surface area contributed by atoms with E-state index in [2.05, 4.69) is 25.6 Å². The zero-order valence-electron chi connectivity index (χ0n) is 16.9. The van der Waals surface area contributed by atoms with Gasteiger partial charge in [-0.2, -0.15) is 15.0 Å². The van der Waals surface area contributed by atoms with Gasteiger partial charge >= 0.3 is 5.97 Å². The average Bonchev–Trinajstić information content (AvgIpc) is 2.69. The summed E-state index contributed by atoms with van der Waals surface area (Å²) in [4.78, 5) is 36.4. The van der Waals surface area contributed by atoms with Gasteiger partial charge in [0.25, 0.3) is 0 Å². The van der Waals surface area contributed by atoms with Crippen molar-refractivity contribution in [3.63, 3.8) is 0 Å². The molecule has 4 N–H and O–H groups in total. The average molecular weight is 406 g/mol. The summed E-state index contributed by atoms with van der Waals surface area (Å²) in [6.45, 7) is 4.90. The summed E-state index contributed by atoms with van der Waals surface area (Å²) in [5.41, 5.74) is 9.01. The van der Waals surface area contributed by atoms with Crippen molar-refractivity contribution in [2.75, 3.05) is 16.4 Å². The number of nitrogen functional groups attached to an aromatic ring is 1. The number of amides is 1. The Labute approximate surface area is 173 Å². The van der Waals surface area contributed by atoms with E-state index in [4.69, 9.17) is 10.5 Å². The monoisotopic (exact) mass is 406 g/mol. The first-order chi connectivity index (χ1) is 14.3. The molecule has 9 heteroatoms. The number of nitrogens with zero attached hydrogens (tertiary/aromatic N) is 3. The molecule has 0 unspecified atom stereocenters. The standard InChI is InChI=1S/C21H22N6O3/c1-12-7-4-5-10-16(12)24-21-26-17(25-20(22)27-21)11-30-19(29)15-9-6-8-13(2)18(15)23-14(3)28/h4-10H,11H2,1-3H3,(H,23,28)(H3,22,24,25,26,27). The van der Waals surface area contributed by atoms with Gasteiger partial charge in [0.2, 0.25) is 17.8 Å². The van der Waals surface area contributed by atoms with Crippen LogP contribution in [0.25, 0.3) is 0 Å². The predicted octanol–water partition coefficient (Wildman–Crippen LogP) is 3.13. The Kier molecular flexibility index (Phi) is 6.21. The van der Waals surface area contributed by atoms with Crippen molar-refractivity contribution < 1.29 is 14.3 Å². The van der Waals surface area contributed by atoms with Crippen molar-refractivity contribution in [1.29, 1.82) is 0 Å². The smallest absolute Gasteiger partial charge is 0.340 e. The molecule has 1 aromatic heterocycles. The quantitative estimate of drug-likeness (QED) is 0.532. The number of hydrogen-bond acceptors (Lipinski definition) is 8. The van der Waals surface area contributed by atoms with Gasteiger partial charge in [-0.3, -0.25) is 4.79 Å². The fraction of sp³-hybridized carbons (Fsp3) is 0.190. The van der Waals surface area contributed by atoms with Gasteiger partial charge in [0, 0.05) is 12.6 Å².